The first-order valence-corrected chi connectivity index (χ1v) is 7.91. The van der Waals surface area contributed by atoms with Crippen molar-refractivity contribution in [1.29, 1.82) is 0 Å². The number of hydrogen-bond donors (Lipinski definition) is 2. The highest BCUT2D eigenvalue weighted by molar-refractivity contribution is 5.89. The molecule has 6 nitrogen and oxygen atoms in total. The van der Waals surface area contributed by atoms with Crippen molar-refractivity contribution in [3.05, 3.63) is 0 Å². The number of nitrogens with zero attached hydrogens (tertiary/aromatic N) is 2. The van der Waals surface area contributed by atoms with E-state index in [1.165, 1.54) is 0 Å². The second kappa shape index (κ2) is 10.3. The number of rotatable bonds is 5. The van der Waals surface area contributed by atoms with E-state index in [4.69, 9.17) is 0 Å². The number of halogens is 2. The molecule has 2 N–H and O–H groups in total. The fourth-order valence-corrected chi connectivity index (χ4v) is 2.97. The third-order valence-electron chi connectivity index (χ3n) is 4.56. The van der Waals surface area contributed by atoms with Crippen molar-refractivity contribution in [3.63, 3.8) is 0 Å². The lowest BCUT2D eigenvalue weighted by Gasteiger charge is -2.31. The maximum atomic E-state index is 12.4. The van der Waals surface area contributed by atoms with Crippen molar-refractivity contribution in [2.45, 2.75) is 25.8 Å². The predicted octanol–water partition coefficient (Wildman–Crippen LogP) is 0.354. The number of likely N-dealkylation sites (N-methyl/N-ethyl adjacent to an activating group) is 1. The highest BCUT2D eigenvalue weighted by Crippen LogP contribution is 2.19. The van der Waals surface area contributed by atoms with E-state index in [1.54, 1.807) is 0 Å². The molecule has 0 aliphatic carbocycles. The molecule has 0 bridgehead atoms. The molecule has 0 spiro atoms. The molecule has 0 aromatic carbocycles. The van der Waals surface area contributed by atoms with E-state index in [9.17, 15) is 9.59 Å². The van der Waals surface area contributed by atoms with Crippen molar-refractivity contribution in [2.24, 2.45) is 11.8 Å². The summed E-state index contributed by atoms with van der Waals surface area (Å²) in [5.74, 6) is 0.453. The lowest BCUT2D eigenvalue weighted by Crippen LogP contribution is -2.51. The second-order valence-corrected chi connectivity index (χ2v) is 6.63. The van der Waals surface area contributed by atoms with Crippen molar-refractivity contribution >= 4 is 36.6 Å². The average molecular weight is 369 g/mol. The Bertz CT molecular complexity index is 396. The summed E-state index contributed by atoms with van der Waals surface area (Å²) >= 11 is 0. The molecule has 2 amide bonds. The van der Waals surface area contributed by atoms with Crippen molar-refractivity contribution in [1.82, 2.24) is 20.4 Å². The number of hydrogen-bond acceptors (Lipinski definition) is 4. The van der Waals surface area contributed by atoms with Crippen LogP contribution in [0.1, 0.15) is 19.8 Å². The summed E-state index contributed by atoms with van der Waals surface area (Å²) in [6.07, 6.45) is 1.44. The molecular weight excluding hydrogens is 339 g/mol. The van der Waals surface area contributed by atoms with Crippen LogP contribution in [0.3, 0.4) is 0 Å². The first-order chi connectivity index (χ1) is 9.97. The number of nitrogens with one attached hydrogen (secondary N) is 2. The van der Waals surface area contributed by atoms with Gasteiger partial charge in [-0.2, -0.15) is 0 Å². The summed E-state index contributed by atoms with van der Waals surface area (Å²) in [7, 11) is 3.98. The maximum Gasteiger partial charge on any atom is 0.225 e. The molecule has 3 atom stereocenters. The smallest absolute Gasteiger partial charge is 0.225 e. The Labute approximate surface area is 151 Å². The number of likely N-dealkylation sites (tertiary alicyclic amines) is 1. The van der Waals surface area contributed by atoms with Gasteiger partial charge in [0.05, 0.1) is 5.92 Å². The van der Waals surface area contributed by atoms with Crippen LogP contribution in [-0.2, 0) is 9.59 Å². The molecule has 2 heterocycles. The molecule has 3 unspecified atom stereocenters. The monoisotopic (exact) mass is 368 g/mol. The van der Waals surface area contributed by atoms with Crippen LogP contribution in [-0.4, -0.2) is 74.5 Å². The largest absolute Gasteiger partial charge is 0.352 e. The van der Waals surface area contributed by atoms with Crippen molar-refractivity contribution < 1.29 is 9.59 Å². The van der Waals surface area contributed by atoms with Crippen LogP contribution in [0.4, 0.5) is 0 Å². The van der Waals surface area contributed by atoms with E-state index in [-0.39, 0.29) is 48.6 Å². The van der Waals surface area contributed by atoms with E-state index in [0.717, 1.165) is 26.1 Å². The van der Waals surface area contributed by atoms with Gasteiger partial charge in [0.15, 0.2) is 0 Å². The Morgan fingerprint density at radius 2 is 2.09 bits per heavy atom. The summed E-state index contributed by atoms with van der Waals surface area (Å²) in [5.41, 5.74) is 0. The highest BCUT2D eigenvalue weighted by atomic mass is 35.5. The highest BCUT2D eigenvalue weighted by Gasteiger charge is 2.35. The Morgan fingerprint density at radius 1 is 1.39 bits per heavy atom. The predicted molar refractivity (Wildman–Crippen MR) is 96.3 cm³/mol. The quantitative estimate of drug-likeness (QED) is 0.734. The van der Waals surface area contributed by atoms with Crippen LogP contribution < -0.4 is 10.6 Å². The number of piperidine rings is 1. The third-order valence-corrected chi connectivity index (χ3v) is 4.56. The first kappa shape index (κ1) is 22.4. The summed E-state index contributed by atoms with van der Waals surface area (Å²) in [5, 5.41) is 6.44. The van der Waals surface area contributed by atoms with Gasteiger partial charge in [-0.25, -0.2) is 0 Å². The first-order valence-electron chi connectivity index (χ1n) is 7.91. The molecule has 2 rings (SSSR count). The molecule has 0 radical (unpaired) electrons. The van der Waals surface area contributed by atoms with Gasteiger partial charge in [-0.3, -0.25) is 9.59 Å². The minimum Gasteiger partial charge on any atom is -0.352 e. The number of carbonyl (C=O) groups is 2. The lowest BCUT2D eigenvalue weighted by molar-refractivity contribution is -0.129. The van der Waals surface area contributed by atoms with E-state index in [2.05, 4.69) is 22.5 Å². The molecule has 8 heteroatoms. The van der Waals surface area contributed by atoms with Gasteiger partial charge in [-0.15, -0.1) is 24.8 Å². The van der Waals surface area contributed by atoms with Gasteiger partial charge in [0, 0.05) is 38.6 Å². The SMILES string of the molecule is CC1CCNCC1NC(=O)C1CC(=O)N(CCN(C)C)C1.Cl.Cl. The van der Waals surface area contributed by atoms with E-state index < -0.39 is 0 Å². The molecule has 2 saturated heterocycles. The Kier molecular flexibility index (Phi) is 10.1. The Balaban J connectivity index is 0.00000242. The summed E-state index contributed by atoms with van der Waals surface area (Å²) in [4.78, 5) is 28.2. The number of carbonyl (C=O) groups excluding carboxylic acids is 2. The van der Waals surface area contributed by atoms with Gasteiger partial charge in [-0.05, 0) is 33.0 Å². The fraction of sp³-hybridized carbons (Fsp3) is 0.867. The standard InChI is InChI=1S/C15H28N4O2.2ClH/c1-11-4-5-16-9-13(11)17-15(21)12-8-14(20)19(10-12)7-6-18(2)3;;/h11-13,16H,4-10H2,1-3H3,(H,17,21);2*1H. The summed E-state index contributed by atoms with van der Waals surface area (Å²) < 4.78 is 0. The zero-order chi connectivity index (χ0) is 15.4. The van der Waals surface area contributed by atoms with Gasteiger partial charge < -0.3 is 20.4 Å². The van der Waals surface area contributed by atoms with E-state index in [0.29, 0.717) is 25.4 Å². The van der Waals surface area contributed by atoms with Gasteiger partial charge in [0.2, 0.25) is 11.8 Å². The van der Waals surface area contributed by atoms with Crippen LogP contribution in [0.25, 0.3) is 0 Å². The van der Waals surface area contributed by atoms with Gasteiger partial charge in [-0.1, -0.05) is 6.92 Å². The average Bonchev–Trinajstić information content (AvgIpc) is 2.80. The summed E-state index contributed by atoms with van der Waals surface area (Å²) in [6.45, 7) is 6.13. The Hall–Kier alpha value is -0.560. The minimum atomic E-state index is -0.186. The topological polar surface area (TPSA) is 64.7 Å². The molecule has 2 aliphatic heterocycles. The van der Waals surface area contributed by atoms with E-state index in [1.807, 2.05) is 19.0 Å². The zero-order valence-electron chi connectivity index (χ0n) is 14.2. The van der Waals surface area contributed by atoms with Crippen LogP contribution in [0.15, 0.2) is 0 Å². The molecule has 2 aliphatic rings. The van der Waals surface area contributed by atoms with Crippen LogP contribution in [0.5, 0.6) is 0 Å². The molecule has 0 saturated carbocycles. The molecule has 0 aromatic rings. The van der Waals surface area contributed by atoms with Gasteiger partial charge in [0.1, 0.15) is 0 Å². The molecule has 136 valence electrons. The molecule has 0 aromatic heterocycles. The van der Waals surface area contributed by atoms with Crippen LogP contribution >= 0.6 is 24.8 Å². The van der Waals surface area contributed by atoms with Gasteiger partial charge >= 0.3 is 0 Å². The summed E-state index contributed by atoms with van der Waals surface area (Å²) in [6, 6.07) is 0.192. The van der Waals surface area contributed by atoms with Crippen LogP contribution in [0.2, 0.25) is 0 Å². The molecule has 2 fully saturated rings. The molecular formula is C15H30Cl2N4O2. The van der Waals surface area contributed by atoms with Gasteiger partial charge in [0.25, 0.3) is 0 Å². The normalized spacial score (nSPS) is 27.4. The maximum absolute atomic E-state index is 12.4. The van der Waals surface area contributed by atoms with Crippen molar-refractivity contribution in [2.75, 3.05) is 46.8 Å². The molecule has 23 heavy (non-hydrogen) atoms. The number of amides is 2. The van der Waals surface area contributed by atoms with Crippen LogP contribution in [0, 0.1) is 11.8 Å². The Morgan fingerprint density at radius 3 is 2.70 bits per heavy atom. The lowest BCUT2D eigenvalue weighted by atomic mass is 9.94. The fourth-order valence-electron chi connectivity index (χ4n) is 2.97. The minimum absolute atomic E-state index is 0. The third kappa shape index (κ3) is 6.45. The van der Waals surface area contributed by atoms with E-state index >= 15 is 0 Å². The van der Waals surface area contributed by atoms with Crippen molar-refractivity contribution in [3.8, 4) is 0 Å². The zero-order valence-corrected chi connectivity index (χ0v) is 15.8. The second-order valence-electron chi connectivity index (χ2n) is 6.63.